The first-order valence-electron chi connectivity index (χ1n) is 9.95. The third-order valence-electron chi connectivity index (χ3n) is 5.25. The molecule has 1 saturated heterocycles. The summed E-state index contributed by atoms with van der Waals surface area (Å²) in [5, 5.41) is 0. The first kappa shape index (κ1) is 20.7. The topological polar surface area (TPSA) is 69.9 Å². The second kappa shape index (κ2) is 8.15. The molecule has 29 heavy (non-hydrogen) atoms. The molecular formula is C23H30N4O2. The van der Waals surface area contributed by atoms with Crippen molar-refractivity contribution in [1.29, 1.82) is 0 Å². The summed E-state index contributed by atoms with van der Waals surface area (Å²) in [6.45, 7) is 8.70. The van der Waals surface area contributed by atoms with E-state index in [0.29, 0.717) is 24.3 Å². The van der Waals surface area contributed by atoms with Crippen LogP contribution in [0.25, 0.3) is 0 Å². The van der Waals surface area contributed by atoms with E-state index in [9.17, 15) is 9.59 Å². The predicted molar refractivity (Wildman–Crippen MR) is 118 cm³/mol. The maximum atomic E-state index is 13.0. The summed E-state index contributed by atoms with van der Waals surface area (Å²) < 4.78 is 0. The van der Waals surface area contributed by atoms with Gasteiger partial charge >= 0.3 is 0 Å². The largest absolute Gasteiger partial charge is 0.399 e. The van der Waals surface area contributed by atoms with Crippen molar-refractivity contribution in [3.8, 4) is 0 Å². The molecule has 1 aliphatic heterocycles. The Kier molecular flexibility index (Phi) is 5.82. The van der Waals surface area contributed by atoms with Gasteiger partial charge in [-0.1, -0.05) is 32.9 Å². The second-order valence-electron chi connectivity index (χ2n) is 8.50. The molecule has 2 N–H and O–H groups in total. The van der Waals surface area contributed by atoms with E-state index in [4.69, 9.17) is 5.73 Å². The van der Waals surface area contributed by atoms with Crippen LogP contribution in [0.5, 0.6) is 0 Å². The van der Waals surface area contributed by atoms with Crippen molar-refractivity contribution in [2.24, 2.45) is 5.41 Å². The van der Waals surface area contributed by atoms with E-state index in [2.05, 4.69) is 4.90 Å². The van der Waals surface area contributed by atoms with Crippen LogP contribution in [0.15, 0.2) is 48.5 Å². The van der Waals surface area contributed by atoms with Crippen molar-refractivity contribution >= 4 is 28.9 Å². The first-order valence-corrected chi connectivity index (χ1v) is 9.95. The third-order valence-corrected chi connectivity index (χ3v) is 5.25. The molecule has 1 fully saturated rings. The zero-order chi connectivity index (χ0) is 21.2. The molecule has 6 nitrogen and oxygen atoms in total. The van der Waals surface area contributed by atoms with E-state index in [1.165, 1.54) is 0 Å². The number of hydrogen-bond donors (Lipinski definition) is 1. The molecular weight excluding hydrogens is 364 g/mol. The van der Waals surface area contributed by atoms with Crippen LogP contribution in [0.4, 0.5) is 17.1 Å². The van der Waals surface area contributed by atoms with Gasteiger partial charge in [0.15, 0.2) is 0 Å². The van der Waals surface area contributed by atoms with Crippen LogP contribution in [0.2, 0.25) is 0 Å². The molecule has 1 heterocycles. The Labute approximate surface area is 172 Å². The van der Waals surface area contributed by atoms with Gasteiger partial charge in [-0.15, -0.1) is 0 Å². The van der Waals surface area contributed by atoms with Crippen molar-refractivity contribution < 1.29 is 9.59 Å². The predicted octanol–water partition coefficient (Wildman–Crippen LogP) is 3.24. The Morgan fingerprint density at radius 1 is 0.931 bits per heavy atom. The van der Waals surface area contributed by atoms with Crippen molar-refractivity contribution in [1.82, 2.24) is 4.90 Å². The summed E-state index contributed by atoms with van der Waals surface area (Å²) >= 11 is 0. The molecule has 0 radical (unpaired) electrons. The van der Waals surface area contributed by atoms with E-state index < -0.39 is 0 Å². The van der Waals surface area contributed by atoms with Crippen LogP contribution in [0, 0.1) is 5.41 Å². The van der Waals surface area contributed by atoms with Gasteiger partial charge in [0, 0.05) is 49.9 Å². The van der Waals surface area contributed by atoms with Gasteiger partial charge < -0.3 is 20.4 Å². The van der Waals surface area contributed by atoms with Crippen LogP contribution < -0.4 is 15.5 Å². The zero-order valence-electron chi connectivity index (χ0n) is 17.7. The number of nitrogens with two attached hydrogens (primary N) is 1. The highest BCUT2D eigenvalue weighted by atomic mass is 16.2. The van der Waals surface area contributed by atoms with Gasteiger partial charge in [0.25, 0.3) is 5.91 Å². The molecule has 0 unspecified atom stereocenters. The number of piperazine rings is 1. The molecule has 0 aromatic heterocycles. The lowest BCUT2D eigenvalue weighted by Gasteiger charge is -2.39. The molecule has 0 saturated carbocycles. The molecule has 0 atom stereocenters. The lowest BCUT2D eigenvalue weighted by Crippen LogP contribution is -2.52. The smallest absolute Gasteiger partial charge is 0.258 e. The third kappa shape index (κ3) is 4.53. The van der Waals surface area contributed by atoms with E-state index >= 15 is 0 Å². The van der Waals surface area contributed by atoms with Crippen molar-refractivity contribution in [2.75, 3.05) is 48.8 Å². The van der Waals surface area contributed by atoms with Crippen molar-refractivity contribution in [3.05, 3.63) is 54.1 Å². The van der Waals surface area contributed by atoms with Gasteiger partial charge in [-0.3, -0.25) is 9.59 Å². The van der Waals surface area contributed by atoms with E-state index in [-0.39, 0.29) is 17.2 Å². The van der Waals surface area contributed by atoms with Gasteiger partial charge in [0.1, 0.15) is 0 Å². The number of amides is 2. The van der Waals surface area contributed by atoms with Crippen LogP contribution in [0.3, 0.4) is 0 Å². The Morgan fingerprint density at radius 3 is 2.10 bits per heavy atom. The number of nitrogens with zero attached hydrogens (tertiary/aromatic N) is 3. The highest BCUT2D eigenvalue weighted by Gasteiger charge is 2.30. The minimum atomic E-state index is -0.369. The lowest BCUT2D eigenvalue weighted by atomic mass is 9.94. The Hall–Kier alpha value is -3.02. The van der Waals surface area contributed by atoms with Crippen LogP contribution in [-0.4, -0.2) is 49.9 Å². The lowest BCUT2D eigenvalue weighted by molar-refractivity contribution is -0.139. The molecule has 154 valence electrons. The van der Waals surface area contributed by atoms with Gasteiger partial charge in [-0.2, -0.15) is 0 Å². The molecule has 0 spiro atoms. The summed E-state index contributed by atoms with van der Waals surface area (Å²) in [7, 11) is 1.79. The monoisotopic (exact) mass is 394 g/mol. The highest BCUT2D eigenvalue weighted by molar-refractivity contribution is 6.07. The molecule has 1 aliphatic rings. The fraction of sp³-hybridized carbons (Fsp3) is 0.391. The number of carbonyl (C=O) groups excluding carboxylic acids is 2. The van der Waals surface area contributed by atoms with Crippen LogP contribution >= 0.6 is 0 Å². The number of benzene rings is 2. The first-order chi connectivity index (χ1) is 13.7. The molecule has 2 aromatic carbocycles. The summed E-state index contributed by atoms with van der Waals surface area (Å²) in [4.78, 5) is 31.4. The van der Waals surface area contributed by atoms with E-state index in [1.807, 2.05) is 49.9 Å². The molecule has 0 aliphatic carbocycles. The normalized spacial score (nSPS) is 14.6. The Morgan fingerprint density at radius 2 is 1.52 bits per heavy atom. The zero-order valence-corrected chi connectivity index (χ0v) is 17.7. The standard InChI is InChI=1S/C23H30N4O2/c1-23(2,3)22(29)27-15-13-26(14-16-27)20-8-6-5-7-19(20)25(4)21(28)17-9-11-18(24)12-10-17/h5-12H,13-16,24H2,1-4H3. The highest BCUT2D eigenvalue weighted by Crippen LogP contribution is 2.31. The molecule has 3 rings (SSSR count). The molecule has 6 heteroatoms. The van der Waals surface area contributed by atoms with Gasteiger partial charge in [0.05, 0.1) is 11.4 Å². The SMILES string of the molecule is CN(C(=O)c1ccc(N)cc1)c1ccccc1N1CCN(C(=O)C(C)(C)C)CC1. The number of anilines is 3. The summed E-state index contributed by atoms with van der Waals surface area (Å²) in [5.74, 6) is 0.0973. The average Bonchev–Trinajstić information content (AvgIpc) is 2.72. The number of nitrogen functional groups attached to an aromatic ring is 1. The van der Waals surface area contributed by atoms with E-state index in [0.717, 1.165) is 24.5 Å². The molecule has 0 bridgehead atoms. The molecule has 2 aromatic rings. The van der Waals surface area contributed by atoms with Crippen LogP contribution in [-0.2, 0) is 4.79 Å². The molecule has 2 amide bonds. The quantitative estimate of drug-likeness (QED) is 0.812. The minimum absolute atomic E-state index is 0.0843. The van der Waals surface area contributed by atoms with E-state index in [1.54, 1.807) is 36.2 Å². The number of rotatable bonds is 3. The van der Waals surface area contributed by atoms with Crippen molar-refractivity contribution in [2.45, 2.75) is 20.8 Å². The minimum Gasteiger partial charge on any atom is -0.399 e. The van der Waals surface area contributed by atoms with Gasteiger partial charge in [-0.25, -0.2) is 0 Å². The Balaban J connectivity index is 1.77. The van der Waals surface area contributed by atoms with Gasteiger partial charge in [0.2, 0.25) is 5.91 Å². The maximum Gasteiger partial charge on any atom is 0.258 e. The number of hydrogen-bond acceptors (Lipinski definition) is 4. The summed E-state index contributed by atoms with van der Waals surface area (Å²) in [6, 6.07) is 14.9. The fourth-order valence-corrected chi connectivity index (χ4v) is 3.57. The average molecular weight is 395 g/mol. The van der Waals surface area contributed by atoms with Crippen LogP contribution in [0.1, 0.15) is 31.1 Å². The fourth-order valence-electron chi connectivity index (χ4n) is 3.57. The summed E-state index contributed by atoms with van der Waals surface area (Å²) in [6.07, 6.45) is 0. The maximum absolute atomic E-state index is 13.0. The second-order valence-corrected chi connectivity index (χ2v) is 8.50. The van der Waals surface area contributed by atoms with Crippen molar-refractivity contribution in [3.63, 3.8) is 0 Å². The summed E-state index contributed by atoms with van der Waals surface area (Å²) in [5.41, 5.74) is 8.45. The number of carbonyl (C=O) groups is 2. The Bertz CT molecular complexity index is 878. The number of para-hydroxylation sites is 2. The van der Waals surface area contributed by atoms with Gasteiger partial charge in [-0.05, 0) is 36.4 Å².